The van der Waals surface area contributed by atoms with Gasteiger partial charge >= 0.3 is 0 Å². The molecule has 1 aliphatic heterocycles. The minimum atomic E-state index is -0.719. The molecular weight excluding hydrogens is 250 g/mol. The Morgan fingerprint density at radius 3 is 2.68 bits per heavy atom. The van der Waals surface area contributed by atoms with Crippen molar-refractivity contribution in [3.05, 3.63) is 35.4 Å². The molecular formula is C14H18F2N2O. The van der Waals surface area contributed by atoms with Crippen LogP contribution in [0.4, 0.5) is 8.78 Å². The van der Waals surface area contributed by atoms with Gasteiger partial charge in [0.1, 0.15) is 11.6 Å². The van der Waals surface area contributed by atoms with Crippen molar-refractivity contribution in [2.24, 2.45) is 0 Å². The Balaban J connectivity index is 2.10. The normalized spacial score (nSPS) is 19.5. The first-order valence-electron chi connectivity index (χ1n) is 6.59. The Morgan fingerprint density at radius 1 is 1.37 bits per heavy atom. The van der Waals surface area contributed by atoms with Gasteiger partial charge in [-0.3, -0.25) is 4.79 Å². The molecule has 1 amide bonds. The van der Waals surface area contributed by atoms with Gasteiger partial charge in [-0.05, 0) is 31.5 Å². The Morgan fingerprint density at radius 2 is 2.05 bits per heavy atom. The summed E-state index contributed by atoms with van der Waals surface area (Å²) in [5.41, 5.74) is 0.0784. The van der Waals surface area contributed by atoms with Crippen LogP contribution in [0.3, 0.4) is 0 Å². The summed E-state index contributed by atoms with van der Waals surface area (Å²) in [7, 11) is 0. The minimum absolute atomic E-state index is 0.0784. The molecule has 0 saturated carbocycles. The molecule has 0 aliphatic carbocycles. The standard InChI is InChI=1S/C14H18F2N2O/c1-2-17-13-4-3-5-18(9-13)14(19)10-6-11(15)8-12(16)7-10/h6-8,13,17H,2-5,9H2,1H3. The zero-order valence-electron chi connectivity index (χ0n) is 11.0. The summed E-state index contributed by atoms with van der Waals surface area (Å²) in [4.78, 5) is 13.9. The van der Waals surface area contributed by atoms with Crippen molar-refractivity contribution in [2.75, 3.05) is 19.6 Å². The molecule has 1 heterocycles. The molecule has 1 aromatic carbocycles. The van der Waals surface area contributed by atoms with E-state index < -0.39 is 11.6 Å². The highest BCUT2D eigenvalue weighted by atomic mass is 19.1. The first-order valence-corrected chi connectivity index (χ1v) is 6.59. The van der Waals surface area contributed by atoms with Gasteiger partial charge in [0.05, 0.1) is 0 Å². The fourth-order valence-electron chi connectivity index (χ4n) is 2.48. The number of rotatable bonds is 3. The predicted octanol–water partition coefficient (Wildman–Crippen LogP) is 2.18. The van der Waals surface area contributed by atoms with Crippen LogP contribution in [0.1, 0.15) is 30.1 Å². The van der Waals surface area contributed by atoms with E-state index in [1.54, 1.807) is 4.90 Å². The lowest BCUT2D eigenvalue weighted by Crippen LogP contribution is -2.48. The van der Waals surface area contributed by atoms with Gasteiger partial charge in [0, 0.05) is 30.8 Å². The molecule has 0 bridgehead atoms. The van der Waals surface area contributed by atoms with E-state index in [1.807, 2.05) is 6.92 Å². The minimum Gasteiger partial charge on any atom is -0.337 e. The lowest BCUT2D eigenvalue weighted by Gasteiger charge is -2.33. The van der Waals surface area contributed by atoms with Crippen molar-refractivity contribution in [1.29, 1.82) is 0 Å². The van der Waals surface area contributed by atoms with Crippen LogP contribution in [-0.2, 0) is 0 Å². The maximum atomic E-state index is 13.1. The molecule has 0 aromatic heterocycles. The zero-order chi connectivity index (χ0) is 13.8. The molecule has 0 radical (unpaired) electrons. The highest BCUT2D eigenvalue weighted by Crippen LogP contribution is 2.15. The molecule has 19 heavy (non-hydrogen) atoms. The molecule has 2 rings (SSSR count). The third-order valence-electron chi connectivity index (χ3n) is 3.31. The zero-order valence-corrected chi connectivity index (χ0v) is 11.0. The van der Waals surface area contributed by atoms with E-state index >= 15 is 0 Å². The Labute approximate surface area is 111 Å². The summed E-state index contributed by atoms with van der Waals surface area (Å²) in [6.07, 6.45) is 1.93. The number of benzene rings is 1. The van der Waals surface area contributed by atoms with Crippen molar-refractivity contribution >= 4 is 5.91 Å². The summed E-state index contributed by atoms with van der Waals surface area (Å²) >= 11 is 0. The third-order valence-corrected chi connectivity index (χ3v) is 3.31. The van der Waals surface area contributed by atoms with Crippen LogP contribution in [0.25, 0.3) is 0 Å². The molecule has 1 aliphatic rings. The van der Waals surface area contributed by atoms with Gasteiger partial charge in [0.2, 0.25) is 0 Å². The molecule has 1 unspecified atom stereocenters. The number of nitrogens with one attached hydrogen (secondary N) is 1. The van der Waals surface area contributed by atoms with Crippen LogP contribution < -0.4 is 5.32 Å². The first kappa shape index (κ1) is 13.9. The summed E-state index contributed by atoms with van der Waals surface area (Å²) in [5.74, 6) is -1.74. The summed E-state index contributed by atoms with van der Waals surface area (Å²) in [6.45, 7) is 4.09. The fraction of sp³-hybridized carbons (Fsp3) is 0.500. The van der Waals surface area contributed by atoms with Gasteiger partial charge in [0.15, 0.2) is 0 Å². The average molecular weight is 268 g/mol. The first-order chi connectivity index (χ1) is 9.10. The number of likely N-dealkylation sites (N-methyl/N-ethyl adjacent to an activating group) is 1. The number of halogens is 2. The van der Waals surface area contributed by atoms with E-state index in [4.69, 9.17) is 0 Å². The predicted molar refractivity (Wildman–Crippen MR) is 69.0 cm³/mol. The van der Waals surface area contributed by atoms with Crippen LogP contribution in [0.2, 0.25) is 0 Å². The fourth-order valence-corrected chi connectivity index (χ4v) is 2.48. The van der Waals surface area contributed by atoms with E-state index in [0.29, 0.717) is 13.1 Å². The topological polar surface area (TPSA) is 32.3 Å². The molecule has 104 valence electrons. The maximum absolute atomic E-state index is 13.1. The van der Waals surface area contributed by atoms with Crippen LogP contribution in [-0.4, -0.2) is 36.5 Å². The second kappa shape index (κ2) is 6.10. The number of carbonyl (C=O) groups is 1. The van der Waals surface area contributed by atoms with Gasteiger partial charge in [-0.15, -0.1) is 0 Å². The number of nitrogens with zero attached hydrogens (tertiary/aromatic N) is 1. The molecule has 1 aromatic rings. The Bertz CT molecular complexity index is 443. The van der Waals surface area contributed by atoms with Gasteiger partial charge in [-0.2, -0.15) is 0 Å². The number of carbonyl (C=O) groups excluding carboxylic acids is 1. The molecule has 5 heteroatoms. The lowest BCUT2D eigenvalue weighted by atomic mass is 10.0. The van der Waals surface area contributed by atoms with Crippen molar-refractivity contribution in [2.45, 2.75) is 25.8 Å². The molecule has 0 spiro atoms. The van der Waals surface area contributed by atoms with E-state index in [9.17, 15) is 13.6 Å². The van der Waals surface area contributed by atoms with Crippen LogP contribution in [0, 0.1) is 11.6 Å². The monoisotopic (exact) mass is 268 g/mol. The summed E-state index contributed by atoms with van der Waals surface area (Å²) in [5, 5.41) is 3.30. The van der Waals surface area contributed by atoms with Crippen molar-refractivity contribution in [3.63, 3.8) is 0 Å². The second-order valence-corrected chi connectivity index (χ2v) is 4.81. The number of hydrogen-bond donors (Lipinski definition) is 1. The highest BCUT2D eigenvalue weighted by molar-refractivity contribution is 5.94. The number of likely N-dealkylation sites (tertiary alicyclic amines) is 1. The van der Waals surface area contributed by atoms with Crippen molar-refractivity contribution in [1.82, 2.24) is 10.2 Å². The molecule has 1 fully saturated rings. The quantitative estimate of drug-likeness (QED) is 0.911. The van der Waals surface area contributed by atoms with Crippen molar-refractivity contribution in [3.8, 4) is 0 Å². The second-order valence-electron chi connectivity index (χ2n) is 4.81. The molecule has 1 saturated heterocycles. The Hall–Kier alpha value is -1.49. The van der Waals surface area contributed by atoms with Gasteiger partial charge in [-0.1, -0.05) is 6.92 Å². The average Bonchev–Trinajstić information content (AvgIpc) is 2.37. The summed E-state index contributed by atoms with van der Waals surface area (Å²) in [6, 6.07) is 3.21. The van der Waals surface area contributed by atoms with E-state index in [0.717, 1.165) is 37.6 Å². The van der Waals surface area contributed by atoms with Gasteiger partial charge in [-0.25, -0.2) is 8.78 Å². The van der Waals surface area contributed by atoms with Gasteiger partial charge in [0.25, 0.3) is 5.91 Å². The van der Waals surface area contributed by atoms with Crippen LogP contribution >= 0.6 is 0 Å². The van der Waals surface area contributed by atoms with Gasteiger partial charge < -0.3 is 10.2 Å². The summed E-state index contributed by atoms with van der Waals surface area (Å²) < 4.78 is 26.3. The van der Waals surface area contributed by atoms with Crippen LogP contribution in [0.15, 0.2) is 18.2 Å². The number of amides is 1. The Kier molecular flexibility index (Phi) is 4.47. The van der Waals surface area contributed by atoms with Crippen LogP contribution in [0.5, 0.6) is 0 Å². The lowest BCUT2D eigenvalue weighted by molar-refractivity contribution is 0.0694. The van der Waals surface area contributed by atoms with E-state index in [2.05, 4.69) is 5.32 Å². The van der Waals surface area contributed by atoms with Crippen molar-refractivity contribution < 1.29 is 13.6 Å². The molecule has 1 N–H and O–H groups in total. The number of hydrogen-bond acceptors (Lipinski definition) is 2. The van der Waals surface area contributed by atoms with E-state index in [1.165, 1.54) is 0 Å². The maximum Gasteiger partial charge on any atom is 0.254 e. The largest absolute Gasteiger partial charge is 0.337 e. The molecule has 3 nitrogen and oxygen atoms in total. The smallest absolute Gasteiger partial charge is 0.254 e. The SMILES string of the molecule is CCNC1CCCN(C(=O)c2cc(F)cc(F)c2)C1. The molecule has 1 atom stereocenters. The highest BCUT2D eigenvalue weighted by Gasteiger charge is 2.24. The third kappa shape index (κ3) is 3.50. The number of piperidine rings is 1. The van der Waals surface area contributed by atoms with E-state index in [-0.39, 0.29) is 17.5 Å².